The van der Waals surface area contributed by atoms with E-state index < -0.39 is 6.43 Å². The van der Waals surface area contributed by atoms with Crippen LogP contribution in [0.5, 0.6) is 0 Å². The van der Waals surface area contributed by atoms with E-state index in [4.69, 9.17) is 4.98 Å². The minimum Gasteiger partial charge on any atom is -0.369 e. The molecule has 0 radical (unpaired) electrons. The number of rotatable bonds is 7. The highest BCUT2D eigenvalue weighted by Crippen LogP contribution is 2.34. The molecule has 0 saturated carbocycles. The first-order chi connectivity index (χ1) is 20.3. The van der Waals surface area contributed by atoms with Crippen molar-refractivity contribution < 1.29 is 13.3 Å². The van der Waals surface area contributed by atoms with E-state index in [1.807, 2.05) is 26.1 Å². The van der Waals surface area contributed by atoms with Crippen LogP contribution in [0.1, 0.15) is 54.4 Å². The largest absolute Gasteiger partial charge is 0.369 e. The number of allylic oxidation sites excluding steroid dienone is 3. The summed E-state index contributed by atoms with van der Waals surface area (Å²) in [7, 11) is 1.49. The fourth-order valence-corrected chi connectivity index (χ4v) is 5.17. The number of hydrogen-bond donors (Lipinski definition) is 2. The van der Waals surface area contributed by atoms with Crippen LogP contribution in [-0.2, 0) is 0 Å². The van der Waals surface area contributed by atoms with Crippen molar-refractivity contribution in [1.82, 2.24) is 15.6 Å². The summed E-state index contributed by atoms with van der Waals surface area (Å²) in [5.74, 6) is 0. The number of halogens is 2. The summed E-state index contributed by atoms with van der Waals surface area (Å²) in [6.07, 6.45) is 8.14. The van der Waals surface area contributed by atoms with E-state index in [9.17, 15) is 8.78 Å². The van der Waals surface area contributed by atoms with Crippen LogP contribution >= 0.6 is 0 Å². The van der Waals surface area contributed by atoms with Crippen LogP contribution in [0.4, 0.5) is 14.5 Å². The highest BCUT2D eigenvalue weighted by molar-refractivity contribution is 5.87. The lowest BCUT2D eigenvalue weighted by molar-refractivity contribution is -0.582. The van der Waals surface area contributed by atoms with Crippen LogP contribution in [0, 0.1) is 20.8 Å². The number of fused-ring (bicyclic) bond motifs is 1. The molecule has 3 aromatic rings. The fourth-order valence-electron chi connectivity index (χ4n) is 5.17. The van der Waals surface area contributed by atoms with E-state index in [0.29, 0.717) is 0 Å². The zero-order valence-electron chi connectivity index (χ0n) is 26.2. The maximum absolute atomic E-state index is 11.0. The number of aryl methyl sites for hydroxylation is 2. The van der Waals surface area contributed by atoms with Gasteiger partial charge in [-0.2, -0.15) is 4.57 Å². The Balaban J connectivity index is 0.000000541. The average Bonchev–Trinajstić information content (AvgIpc) is 2.99. The smallest absolute Gasteiger partial charge is 0.250 e. The van der Waals surface area contributed by atoms with Crippen molar-refractivity contribution in [2.45, 2.75) is 48.0 Å². The van der Waals surface area contributed by atoms with Crippen LogP contribution in [0.2, 0.25) is 0 Å². The third kappa shape index (κ3) is 7.58. The summed E-state index contributed by atoms with van der Waals surface area (Å²) in [6.45, 7) is 20.5. The van der Waals surface area contributed by atoms with Gasteiger partial charge in [0.25, 0.3) is 6.43 Å². The van der Waals surface area contributed by atoms with Crippen molar-refractivity contribution in [1.29, 1.82) is 0 Å². The molecule has 0 atom stereocenters. The summed E-state index contributed by atoms with van der Waals surface area (Å²) in [5.41, 5.74) is 13.4. The Morgan fingerprint density at radius 3 is 2.43 bits per heavy atom. The molecule has 0 amide bonds. The Labute approximate surface area is 250 Å². The Hall–Kier alpha value is -3.68. The molecular weight excluding hydrogens is 528 g/mol. The van der Waals surface area contributed by atoms with Gasteiger partial charge in [-0.1, -0.05) is 32.6 Å². The summed E-state index contributed by atoms with van der Waals surface area (Å²) in [4.78, 5) is 7.34. The molecule has 0 aliphatic carbocycles. The maximum Gasteiger partial charge on any atom is 0.250 e. The molecule has 1 aromatic carbocycles. The molecule has 4 heterocycles. The molecule has 42 heavy (non-hydrogen) atoms. The van der Waals surface area contributed by atoms with Crippen molar-refractivity contribution in [2.75, 3.05) is 44.7 Å². The number of piperazine rings is 1. The SMILES string of the molecule is C=CC1=C[n+]2ccc(/C(=C/C)c3cc(-c4cc(C)c(C)c(N5CCNCC5)c4)cnc3C)cc21.CC.CNCC(F)F. The van der Waals surface area contributed by atoms with Gasteiger partial charge in [-0.3, -0.25) is 4.98 Å². The molecule has 7 heteroatoms. The number of pyridine rings is 2. The average molecular weight is 575 g/mol. The van der Waals surface area contributed by atoms with Gasteiger partial charge in [-0.25, -0.2) is 8.78 Å². The summed E-state index contributed by atoms with van der Waals surface area (Å²) in [6, 6.07) is 11.4. The molecule has 224 valence electrons. The zero-order chi connectivity index (χ0) is 30.8. The molecule has 2 aliphatic heterocycles. The van der Waals surface area contributed by atoms with E-state index in [1.165, 1.54) is 57.4 Å². The van der Waals surface area contributed by atoms with E-state index in [-0.39, 0.29) is 6.54 Å². The third-order valence-corrected chi connectivity index (χ3v) is 7.55. The molecule has 2 aromatic heterocycles. The summed E-state index contributed by atoms with van der Waals surface area (Å²) in [5, 5.41) is 5.78. The number of alkyl halides is 2. The molecule has 0 bridgehead atoms. The van der Waals surface area contributed by atoms with Crippen molar-refractivity contribution in [3.8, 4) is 11.1 Å². The molecule has 0 unspecified atom stereocenters. The van der Waals surface area contributed by atoms with E-state index >= 15 is 0 Å². The quantitative estimate of drug-likeness (QED) is 0.304. The monoisotopic (exact) mass is 574 g/mol. The Kier molecular flexibility index (Phi) is 12.1. The number of nitrogens with one attached hydrogen (secondary N) is 2. The highest BCUT2D eigenvalue weighted by atomic mass is 19.3. The predicted octanol–water partition coefficient (Wildman–Crippen LogP) is 6.82. The minimum atomic E-state index is -2.21. The molecule has 5 nitrogen and oxygen atoms in total. The predicted molar refractivity (Wildman–Crippen MR) is 174 cm³/mol. The molecule has 2 aliphatic rings. The zero-order valence-corrected chi connectivity index (χ0v) is 26.2. The Morgan fingerprint density at radius 1 is 1.12 bits per heavy atom. The van der Waals surface area contributed by atoms with Crippen LogP contribution in [0.15, 0.2) is 61.5 Å². The second kappa shape index (κ2) is 15.5. The van der Waals surface area contributed by atoms with Gasteiger partial charge in [0, 0.05) is 67.0 Å². The summed E-state index contributed by atoms with van der Waals surface area (Å²) < 4.78 is 24.1. The van der Waals surface area contributed by atoms with E-state index in [2.05, 4.69) is 103 Å². The normalized spacial score (nSPS) is 14.1. The van der Waals surface area contributed by atoms with Crippen LogP contribution in [-0.4, -0.2) is 51.2 Å². The van der Waals surface area contributed by atoms with Gasteiger partial charge in [0.15, 0.2) is 12.4 Å². The maximum atomic E-state index is 11.0. The van der Waals surface area contributed by atoms with E-state index in [0.717, 1.165) is 37.4 Å². The second-order valence-corrected chi connectivity index (χ2v) is 10.2. The van der Waals surface area contributed by atoms with Crippen LogP contribution in [0.3, 0.4) is 0 Å². The van der Waals surface area contributed by atoms with Crippen LogP contribution in [0.25, 0.3) is 28.5 Å². The molecular formula is C35H46F2N5+. The molecule has 0 spiro atoms. The first-order valence-corrected chi connectivity index (χ1v) is 14.8. The van der Waals surface area contributed by atoms with Crippen LogP contribution < -0.4 is 20.1 Å². The number of aromatic nitrogens is 2. The van der Waals surface area contributed by atoms with E-state index in [1.54, 1.807) is 0 Å². The topological polar surface area (TPSA) is 44.1 Å². The number of anilines is 1. The molecule has 1 fully saturated rings. The number of hydrogen-bond acceptors (Lipinski definition) is 4. The van der Waals surface area contributed by atoms with Crippen molar-refractivity contribution >= 4 is 23.0 Å². The molecule has 5 rings (SSSR count). The molecule has 2 N–H and O–H groups in total. The highest BCUT2D eigenvalue weighted by Gasteiger charge is 2.25. The summed E-state index contributed by atoms with van der Waals surface area (Å²) >= 11 is 0. The van der Waals surface area contributed by atoms with Gasteiger partial charge in [-0.15, -0.1) is 0 Å². The minimum absolute atomic E-state index is 0.208. The van der Waals surface area contributed by atoms with Crippen molar-refractivity contribution in [3.05, 3.63) is 95.1 Å². The van der Waals surface area contributed by atoms with Gasteiger partial charge in [0.1, 0.15) is 5.57 Å². The van der Waals surface area contributed by atoms with Crippen molar-refractivity contribution in [2.24, 2.45) is 0 Å². The fraction of sp³-hybridized carbons (Fsp3) is 0.371. The van der Waals surface area contributed by atoms with Crippen molar-refractivity contribution in [3.63, 3.8) is 0 Å². The number of nitrogens with zero attached hydrogens (tertiary/aromatic N) is 3. The lowest BCUT2D eigenvalue weighted by Crippen LogP contribution is -2.43. The molecule has 1 saturated heterocycles. The lowest BCUT2D eigenvalue weighted by atomic mass is 9.92. The van der Waals surface area contributed by atoms with Gasteiger partial charge >= 0.3 is 0 Å². The number of benzene rings is 1. The third-order valence-electron chi connectivity index (χ3n) is 7.55. The first-order valence-electron chi connectivity index (χ1n) is 14.8. The van der Waals surface area contributed by atoms with Gasteiger partial charge in [-0.05, 0) is 80.8 Å². The second-order valence-electron chi connectivity index (χ2n) is 10.2. The lowest BCUT2D eigenvalue weighted by Gasteiger charge is -2.31. The van der Waals surface area contributed by atoms with Gasteiger partial charge in [0.2, 0.25) is 5.69 Å². The van der Waals surface area contributed by atoms with Gasteiger partial charge in [0.05, 0.1) is 6.54 Å². The van der Waals surface area contributed by atoms with Gasteiger partial charge < -0.3 is 15.5 Å². The first kappa shape index (κ1) is 32.8. The Morgan fingerprint density at radius 2 is 1.83 bits per heavy atom. The Bertz CT molecular complexity index is 1440. The standard InChI is InChI=1S/C30H33N4.C3H7F2N.C2H6/c1-6-23-19-34-11-8-24(16-30(23)34)27(7-2)28-15-26(18-32-22(28)5)25-14-20(3)21(4)29(17-25)33-12-9-31-10-13-33;1-6-2-3(4)5;1-2/h6-8,11,14-19,31H,1,9-10,12-13H2,2-5H3;3,6H,2H2,1H3;1-2H3/q+1;;/b27-7-;;.